The first-order chi connectivity index (χ1) is 12.2. The molecule has 0 bridgehead atoms. The lowest BCUT2D eigenvalue weighted by atomic mass is 10.1. The predicted octanol–water partition coefficient (Wildman–Crippen LogP) is 1.90. The molecule has 8 heteroatoms. The van der Waals surface area contributed by atoms with Crippen LogP contribution in [0.25, 0.3) is 10.8 Å². The number of benzene rings is 2. The van der Waals surface area contributed by atoms with Gasteiger partial charge in [-0.1, -0.05) is 24.3 Å². The molecule has 1 aromatic heterocycles. The molecule has 3 rings (SSSR count). The van der Waals surface area contributed by atoms with Crippen LogP contribution in [0.4, 0.5) is 5.69 Å². The number of aromatic nitrogens is 2. The Bertz CT molecular complexity index is 1200. The molecule has 0 saturated heterocycles. The van der Waals surface area contributed by atoms with Crippen molar-refractivity contribution in [3.63, 3.8) is 0 Å². The molecule has 0 fully saturated rings. The molecule has 0 aliphatic heterocycles. The minimum atomic E-state index is -3.40. The van der Waals surface area contributed by atoms with Gasteiger partial charge in [0.15, 0.2) is 15.5 Å². The van der Waals surface area contributed by atoms with Crippen LogP contribution in [0.5, 0.6) is 0 Å². The molecule has 0 aliphatic rings. The first-order valence-corrected chi connectivity index (χ1v) is 9.66. The van der Waals surface area contributed by atoms with E-state index in [4.69, 9.17) is 0 Å². The second-order valence-corrected chi connectivity index (χ2v) is 8.04. The maximum atomic E-state index is 12.8. The van der Waals surface area contributed by atoms with Crippen LogP contribution in [0.2, 0.25) is 0 Å². The molecule has 1 N–H and O–H groups in total. The second kappa shape index (κ2) is 6.38. The van der Waals surface area contributed by atoms with Gasteiger partial charge in [0.05, 0.1) is 10.3 Å². The Kier molecular flexibility index (Phi) is 4.37. The van der Waals surface area contributed by atoms with Crippen molar-refractivity contribution in [1.82, 2.24) is 9.78 Å². The molecule has 26 heavy (non-hydrogen) atoms. The first kappa shape index (κ1) is 17.8. The fourth-order valence-electron chi connectivity index (χ4n) is 2.62. The number of hydrogen-bond acceptors (Lipinski definition) is 5. The number of rotatable bonds is 3. The van der Waals surface area contributed by atoms with Crippen LogP contribution in [0.3, 0.4) is 0 Å². The normalized spacial score (nSPS) is 11.5. The summed E-state index contributed by atoms with van der Waals surface area (Å²) in [4.78, 5) is 25.0. The van der Waals surface area contributed by atoms with Gasteiger partial charge in [-0.25, -0.2) is 13.1 Å². The summed E-state index contributed by atoms with van der Waals surface area (Å²) in [5, 5.41) is 7.59. The van der Waals surface area contributed by atoms with E-state index in [1.54, 1.807) is 37.3 Å². The SMILES string of the molecule is Cc1ccc(S(C)(=O)=O)cc1NC(=O)c1nn(C)c(=O)c2ccccc12. The molecular formula is C18H17N3O4S. The second-order valence-electron chi connectivity index (χ2n) is 6.03. The lowest BCUT2D eigenvalue weighted by Crippen LogP contribution is -2.25. The van der Waals surface area contributed by atoms with Crippen LogP contribution in [0, 0.1) is 6.92 Å². The van der Waals surface area contributed by atoms with Crippen molar-refractivity contribution in [3.05, 3.63) is 64.1 Å². The molecule has 7 nitrogen and oxygen atoms in total. The number of aryl methyl sites for hydroxylation is 2. The van der Waals surface area contributed by atoms with Gasteiger partial charge in [-0.3, -0.25) is 9.59 Å². The molecule has 2 aromatic carbocycles. The smallest absolute Gasteiger partial charge is 0.276 e. The largest absolute Gasteiger partial charge is 0.320 e. The number of nitrogens with zero attached hydrogens (tertiary/aromatic N) is 2. The van der Waals surface area contributed by atoms with Crippen LogP contribution in [0.1, 0.15) is 16.1 Å². The third-order valence-electron chi connectivity index (χ3n) is 4.06. The predicted molar refractivity (Wildman–Crippen MR) is 99.2 cm³/mol. The zero-order chi connectivity index (χ0) is 19.1. The fourth-order valence-corrected chi connectivity index (χ4v) is 3.26. The monoisotopic (exact) mass is 371 g/mol. The third-order valence-corrected chi connectivity index (χ3v) is 5.17. The third kappa shape index (κ3) is 3.23. The molecule has 3 aromatic rings. The van der Waals surface area contributed by atoms with E-state index in [0.29, 0.717) is 22.0 Å². The van der Waals surface area contributed by atoms with Gasteiger partial charge in [-0.15, -0.1) is 0 Å². The average Bonchev–Trinajstić information content (AvgIpc) is 2.59. The van der Waals surface area contributed by atoms with Crippen molar-refractivity contribution >= 4 is 32.2 Å². The molecule has 0 aliphatic carbocycles. The number of hydrogen-bond donors (Lipinski definition) is 1. The molecule has 134 valence electrons. The number of amides is 1. The quantitative estimate of drug-likeness (QED) is 0.758. The van der Waals surface area contributed by atoms with Crippen molar-refractivity contribution in [2.24, 2.45) is 7.05 Å². The standard InChI is InChI=1S/C18H17N3O4S/c1-11-8-9-12(26(3,24)25)10-15(11)19-17(22)16-13-6-4-5-7-14(13)18(23)21(2)20-16/h4-10H,1-3H3,(H,19,22). The Labute approximate surface area is 150 Å². The Balaban J connectivity index is 2.09. The van der Waals surface area contributed by atoms with Gasteiger partial charge in [0.1, 0.15) is 0 Å². The first-order valence-electron chi connectivity index (χ1n) is 7.76. The highest BCUT2D eigenvalue weighted by Crippen LogP contribution is 2.22. The topological polar surface area (TPSA) is 98.1 Å². The molecular weight excluding hydrogens is 354 g/mol. The van der Waals surface area contributed by atoms with E-state index < -0.39 is 15.7 Å². The van der Waals surface area contributed by atoms with Crippen molar-refractivity contribution in [3.8, 4) is 0 Å². The minimum Gasteiger partial charge on any atom is -0.320 e. The zero-order valence-electron chi connectivity index (χ0n) is 14.5. The van der Waals surface area contributed by atoms with Gasteiger partial charge in [-0.05, 0) is 30.7 Å². The van der Waals surface area contributed by atoms with Crippen molar-refractivity contribution in [1.29, 1.82) is 0 Å². The summed E-state index contributed by atoms with van der Waals surface area (Å²) in [6, 6.07) is 11.2. The highest BCUT2D eigenvalue weighted by Gasteiger charge is 2.17. The summed E-state index contributed by atoms with van der Waals surface area (Å²) in [6.45, 7) is 1.76. The highest BCUT2D eigenvalue weighted by molar-refractivity contribution is 7.90. The van der Waals surface area contributed by atoms with Crippen LogP contribution in [-0.2, 0) is 16.9 Å². The van der Waals surface area contributed by atoms with E-state index in [1.807, 2.05) is 0 Å². The van der Waals surface area contributed by atoms with Crippen LogP contribution in [0.15, 0.2) is 52.2 Å². The summed E-state index contributed by atoms with van der Waals surface area (Å²) in [6.07, 6.45) is 1.10. The molecule has 0 atom stereocenters. The van der Waals surface area contributed by atoms with E-state index in [9.17, 15) is 18.0 Å². The summed E-state index contributed by atoms with van der Waals surface area (Å²) >= 11 is 0. The summed E-state index contributed by atoms with van der Waals surface area (Å²) < 4.78 is 24.6. The van der Waals surface area contributed by atoms with Gasteiger partial charge in [0.2, 0.25) is 0 Å². The van der Waals surface area contributed by atoms with E-state index in [-0.39, 0.29) is 16.1 Å². The van der Waals surface area contributed by atoms with Crippen LogP contribution < -0.4 is 10.9 Å². The van der Waals surface area contributed by atoms with Gasteiger partial charge in [-0.2, -0.15) is 5.10 Å². The number of fused-ring (bicyclic) bond motifs is 1. The molecule has 0 saturated carbocycles. The summed E-state index contributed by atoms with van der Waals surface area (Å²) in [7, 11) is -1.93. The highest BCUT2D eigenvalue weighted by atomic mass is 32.2. The Morgan fingerprint density at radius 1 is 1.12 bits per heavy atom. The van der Waals surface area contributed by atoms with E-state index in [1.165, 1.54) is 19.2 Å². The maximum absolute atomic E-state index is 12.8. The number of nitrogens with one attached hydrogen (secondary N) is 1. The van der Waals surface area contributed by atoms with Gasteiger partial charge >= 0.3 is 0 Å². The van der Waals surface area contributed by atoms with E-state index in [0.717, 1.165) is 10.9 Å². The Morgan fingerprint density at radius 3 is 2.42 bits per heavy atom. The fraction of sp³-hybridized carbons (Fsp3) is 0.167. The Hall–Kier alpha value is -3.00. The molecule has 0 spiro atoms. The summed E-state index contributed by atoms with van der Waals surface area (Å²) in [5.74, 6) is -0.523. The minimum absolute atomic E-state index is 0.0897. The molecule has 1 amide bonds. The summed E-state index contributed by atoms with van der Waals surface area (Å²) in [5.41, 5.74) is 0.872. The van der Waals surface area contributed by atoms with Gasteiger partial charge < -0.3 is 5.32 Å². The van der Waals surface area contributed by atoms with Crippen molar-refractivity contribution < 1.29 is 13.2 Å². The van der Waals surface area contributed by atoms with Crippen molar-refractivity contribution in [2.45, 2.75) is 11.8 Å². The number of sulfone groups is 1. The van der Waals surface area contributed by atoms with Gasteiger partial charge in [0, 0.05) is 24.4 Å². The van der Waals surface area contributed by atoms with Crippen molar-refractivity contribution in [2.75, 3.05) is 11.6 Å². The zero-order valence-corrected chi connectivity index (χ0v) is 15.3. The average molecular weight is 371 g/mol. The molecule has 0 radical (unpaired) electrons. The molecule has 1 heterocycles. The van der Waals surface area contributed by atoms with E-state index in [2.05, 4.69) is 10.4 Å². The van der Waals surface area contributed by atoms with Gasteiger partial charge in [0.25, 0.3) is 11.5 Å². The van der Waals surface area contributed by atoms with Crippen LogP contribution >= 0.6 is 0 Å². The van der Waals surface area contributed by atoms with Crippen LogP contribution in [-0.4, -0.2) is 30.4 Å². The number of carbonyl (C=O) groups is 1. The maximum Gasteiger partial charge on any atom is 0.276 e. The lowest BCUT2D eigenvalue weighted by Gasteiger charge is -2.11. The lowest BCUT2D eigenvalue weighted by molar-refractivity contribution is 0.102. The Morgan fingerprint density at radius 2 is 1.77 bits per heavy atom. The molecule has 0 unspecified atom stereocenters. The number of carbonyl (C=O) groups excluding carboxylic acids is 1. The number of anilines is 1. The van der Waals surface area contributed by atoms with E-state index >= 15 is 0 Å².